The number of hydrogen-bond donors (Lipinski definition) is 1. The summed E-state index contributed by atoms with van der Waals surface area (Å²) < 4.78 is 1.63. The molecule has 5 nitrogen and oxygen atoms in total. The van der Waals surface area contributed by atoms with Crippen LogP contribution in [-0.2, 0) is 7.05 Å². The summed E-state index contributed by atoms with van der Waals surface area (Å²) in [6.45, 7) is 0. The van der Waals surface area contributed by atoms with E-state index >= 15 is 0 Å². The molecule has 2 aromatic heterocycles. The highest BCUT2D eigenvalue weighted by Crippen LogP contribution is 2.33. The summed E-state index contributed by atoms with van der Waals surface area (Å²) >= 11 is 6.31. The molecule has 0 fully saturated rings. The van der Waals surface area contributed by atoms with Crippen molar-refractivity contribution in [3.8, 4) is 11.3 Å². The Balaban J connectivity index is 2.39. The summed E-state index contributed by atoms with van der Waals surface area (Å²) in [5.41, 5.74) is 7.71. The summed E-state index contributed by atoms with van der Waals surface area (Å²) in [4.78, 5) is 15.6. The second kappa shape index (κ2) is 4.61. The molecular weight excluding hydrogens is 276 g/mol. The van der Waals surface area contributed by atoms with Crippen molar-refractivity contribution in [1.82, 2.24) is 14.8 Å². The van der Waals surface area contributed by atoms with Gasteiger partial charge in [0.15, 0.2) is 5.65 Å². The Kier molecular flexibility index (Phi) is 2.91. The number of aromatic nitrogens is 3. The van der Waals surface area contributed by atoms with Gasteiger partial charge < -0.3 is 5.73 Å². The quantitative estimate of drug-likeness (QED) is 0.786. The summed E-state index contributed by atoms with van der Waals surface area (Å²) in [5, 5.41) is 5.36. The number of carbonyl (C=O) groups is 1. The Hall–Kier alpha value is -2.40. The van der Waals surface area contributed by atoms with Gasteiger partial charge in [0.1, 0.15) is 5.69 Å². The first-order chi connectivity index (χ1) is 9.59. The molecule has 0 radical (unpaired) electrons. The molecule has 0 aliphatic heterocycles. The first-order valence-corrected chi connectivity index (χ1v) is 6.34. The largest absolute Gasteiger partial charge is 0.366 e. The average molecular weight is 287 g/mol. The van der Waals surface area contributed by atoms with Crippen LogP contribution in [0.25, 0.3) is 22.3 Å². The van der Waals surface area contributed by atoms with Crippen LogP contribution in [0.15, 0.2) is 36.5 Å². The van der Waals surface area contributed by atoms with Gasteiger partial charge >= 0.3 is 0 Å². The highest BCUT2D eigenvalue weighted by Gasteiger charge is 2.19. The number of carbonyl (C=O) groups excluding carboxylic acids is 1. The zero-order valence-corrected chi connectivity index (χ0v) is 11.4. The third-order valence-corrected chi connectivity index (χ3v) is 3.49. The second-order valence-corrected chi connectivity index (χ2v) is 4.76. The molecule has 0 saturated carbocycles. The maximum atomic E-state index is 11.4. The molecule has 100 valence electrons. The van der Waals surface area contributed by atoms with E-state index in [9.17, 15) is 4.79 Å². The second-order valence-electron chi connectivity index (χ2n) is 4.39. The molecule has 0 atom stereocenters. The molecule has 1 amide bonds. The molecule has 3 rings (SSSR count). The molecule has 0 bridgehead atoms. The summed E-state index contributed by atoms with van der Waals surface area (Å²) in [6, 6.07) is 9.59. The van der Waals surface area contributed by atoms with Crippen molar-refractivity contribution in [1.29, 1.82) is 0 Å². The zero-order valence-electron chi connectivity index (χ0n) is 10.7. The maximum Gasteiger partial charge on any atom is 0.251 e. The van der Waals surface area contributed by atoms with Crippen molar-refractivity contribution in [2.24, 2.45) is 12.8 Å². The molecule has 0 aliphatic carbocycles. The number of nitrogens with two attached hydrogens (primary N) is 1. The van der Waals surface area contributed by atoms with Crippen molar-refractivity contribution in [3.63, 3.8) is 0 Å². The molecule has 0 spiro atoms. The number of rotatable bonds is 2. The fourth-order valence-electron chi connectivity index (χ4n) is 2.15. The van der Waals surface area contributed by atoms with Crippen LogP contribution in [0.2, 0.25) is 5.02 Å². The number of aryl methyl sites for hydroxylation is 1. The number of hydrogen-bond acceptors (Lipinski definition) is 3. The Morgan fingerprint density at radius 3 is 2.65 bits per heavy atom. The highest BCUT2D eigenvalue weighted by atomic mass is 35.5. The summed E-state index contributed by atoms with van der Waals surface area (Å²) in [6.07, 6.45) is 1.38. The van der Waals surface area contributed by atoms with Crippen LogP contribution in [0.3, 0.4) is 0 Å². The predicted octanol–water partition coefficient (Wildman–Crippen LogP) is 2.39. The third kappa shape index (κ3) is 1.83. The lowest BCUT2D eigenvalue weighted by Crippen LogP contribution is -2.12. The minimum absolute atomic E-state index is 0.198. The Morgan fingerprint density at radius 2 is 2.00 bits per heavy atom. The zero-order chi connectivity index (χ0) is 14.3. The number of pyridine rings is 1. The van der Waals surface area contributed by atoms with Crippen molar-refractivity contribution in [3.05, 3.63) is 47.1 Å². The van der Waals surface area contributed by atoms with Crippen molar-refractivity contribution < 1.29 is 4.79 Å². The standard InChI is InChI=1S/C14H11ClN4O/c1-19-14-10(11(15)9(7-17-14)13(16)20)12(18-19)8-5-3-2-4-6-8/h2-7H,1H3,(H2,16,20). The van der Waals surface area contributed by atoms with Crippen LogP contribution < -0.4 is 5.73 Å². The first kappa shape index (κ1) is 12.6. The fourth-order valence-corrected chi connectivity index (χ4v) is 2.47. The van der Waals surface area contributed by atoms with Gasteiger partial charge in [0.25, 0.3) is 5.91 Å². The number of nitrogens with zero attached hydrogens (tertiary/aromatic N) is 3. The number of amides is 1. The van der Waals surface area contributed by atoms with Crippen LogP contribution in [0.5, 0.6) is 0 Å². The Labute approximate surface area is 120 Å². The lowest BCUT2D eigenvalue weighted by atomic mass is 10.1. The van der Waals surface area contributed by atoms with Crippen molar-refractivity contribution in [2.45, 2.75) is 0 Å². The van der Waals surface area contributed by atoms with Gasteiger partial charge in [-0.15, -0.1) is 0 Å². The van der Waals surface area contributed by atoms with Crippen LogP contribution in [0.4, 0.5) is 0 Å². The predicted molar refractivity (Wildman–Crippen MR) is 77.5 cm³/mol. The number of primary amides is 1. The van der Waals surface area contributed by atoms with Crippen LogP contribution in [-0.4, -0.2) is 20.7 Å². The van der Waals surface area contributed by atoms with Crippen LogP contribution in [0.1, 0.15) is 10.4 Å². The molecule has 6 heteroatoms. The van der Waals surface area contributed by atoms with E-state index in [0.717, 1.165) is 5.56 Å². The normalized spacial score (nSPS) is 10.9. The van der Waals surface area contributed by atoms with Gasteiger partial charge in [0, 0.05) is 18.8 Å². The van der Waals surface area contributed by atoms with E-state index in [2.05, 4.69) is 10.1 Å². The molecule has 2 N–H and O–H groups in total. The fraction of sp³-hybridized carbons (Fsp3) is 0.0714. The van der Waals surface area contributed by atoms with E-state index in [1.165, 1.54) is 6.20 Å². The molecule has 2 heterocycles. The van der Waals surface area contributed by atoms with Gasteiger partial charge in [-0.3, -0.25) is 4.79 Å². The van der Waals surface area contributed by atoms with E-state index in [-0.39, 0.29) is 10.6 Å². The summed E-state index contributed by atoms with van der Waals surface area (Å²) in [5.74, 6) is -0.604. The molecule has 1 aromatic carbocycles. The van der Waals surface area contributed by atoms with Gasteiger partial charge in [-0.25, -0.2) is 9.67 Å². The topological polar surface area (TPSA) is 73.8 Å². The molecule has 0 aliphatic rings. The molecule has 0 saturated heterocycles. The molecular formula is C14H11ClN4O. The third-order valence-electron chi connectivity index (χ3n) is 3.10. The molecule has 0 unspecified atom stereocenters. The van der Waals surface area contributed by atoms with E-state index in [0.29, 0.717) is 16.7 Å². The number of benzene rings is 1. The number of fused-ring (bicyclic) bond motifs is 1. The average Bonchev–Trinajstić information content (AvgIpc) is 2.78. The van der Waals surface area contributed by atoms with E-state index < -0.39 is 5.91 Å². The van der Waals surface area contributed by atoms with Crippen molar-refractivity contribution >= 4 is 28.5 Å². The Morgan fingerprint density at radius 1 is 1.30 bits per heavy atom. The van der Waals surface area contributed by atoms with Gasteiger partial charge in [0.2, 0.25) is 0 Å². The minimum Gasteiger partial charge on any atom is -0.366 e. The van der Waals surface area contributed by atoms with Crippen LogP contribution in [0, 0.1) is 0 Å². The van der Waals surface area contributed by atoms with E-state index in [1.54, 1.807) is 11.7 Å². The van der Waals surface area contributed by atoms with Crippen molar-refractivity contribution in [2.75, 3.05) is 0 Å². The lowest BCUT2D eigenvalue weighted by Gasteiger charge is -2.02. The van der Waals surface area contributed by atoms with Gasteiger partial charge in [-0.05, 0) is 0 Å². The van der Waals surface area contributed by atoms with Crippen LogP contribution >= 0.6 is 11.6 Å². The highest BCUT2D eigenvalue weighted by molar-refractivity contribution is 6.39. The van der Waals surface area contributed by atoms with Gasteiger partial charge in [0.05, 0.1) is 16.0 Å². The molecule has 3 aromatic rings. The van der Waals surface area contributed by atoms with E-state index in [1.807, 2.05) is 30.3 Å². The lowest BCUT2D eigenvalue weighted by molar-refractivity contribution is 0.100. The smallest absolute Gasteiger partial charge is 0.251 e. The molecule has 20 heavy (non-hydrogen) atoms. The van der Waals surface area contributed by atoms with E-state index in [4.69, 9.17) is 17.3 Å². The SMILES string of the molecule is Cn1nc(-c2ccccc2)c2c(Cl)c(C(N)=O)cnc21. The monoisotopic (exact) mass is 286 g/mol. The Bertz CT molecular complexity index is 811. The number of halogens is 1. The van der Waals surface area contributed by atoms with Gasteiger partial charge in [-0.1, -0.05) is 41.9 Å². The van der Waals surface area contributed by atoms with Gasteiger partial charge in [-0.2, -0.15) is 5.10 Å². The maximum absolute atomic E-state index is 11.4. The summed E-state index contributed by atoms with van der Waals surface area (Å²) in [7, 11) is 1.78. The first-order valence-electron chi connectivity index (χ1n) is 5.96. The minimum atomic E-state index is -0.604.